The van der Waals surface area contributed by atoms with Crippen molar-refractivity contribution in [3.63, 3.8) is 0 Å². The third kappa shape index (κ3) is 3.73. The molecule has 0 aromatic carbocycles. The van der Waals surface area contributed by atoms with Gasteiger partial charge in [0.1, 0.15) is 5.01 Å². The van der Waals surface area contributed by atoms with Crippen LogP contribution in [-0.4, -0.2) is 27.1 Å². The number of hydrogen-bond donors (Lipinski definition) is 3. The van der Waals surface area contributed by atoms with Gasteiger partial charge in [-0.15, -0.1) is 22.7 Å². The number of aryl methyl sites for hydroxylation is 1. The first-order chi connectivity index (χ1) is 9.04. The third-order valence-corrected chi connectivity index (χ3v) is 3.69. The molecule has 9 heteroatoms. The van der Waals surface area contributed by atoms with Gasteiger partial charge in [-0.3, -0.25) is 5.32 Å². The molecular formula is C10H10N4O3S2. The fraction of sp³-hybridized carbons (Fsp3) is 0.200. The number of carbonyl (C=O) groups excluding carboxylic acids is 1. The quantitative estimate of drug-likeness (QED) is 0.800. The summed E-state index contributed by atoms with van der Waals surface area (Å²) >= 11 is 2.55. The van der Waals surface area contributed by atoms with Crippen molar-refractivity contribution in [2.24, 2.45) is 0 Å². The molecule has 0 saturated carbocycles. The average Bonchev–Trinajstić information content (AvgIpc) is 2.96. The Hall–Kier alpha value is -2.00. The molecule has 0 aliphatic heterocycles. The maximum absolute atomic E-state index is 11.5. The molecule has 2 aromatic heterocycles. The maximum Gasteiger partial charge on any atom is 0.355 e. The summed E-state index contributed by atoms with van der Waals surface area (Å²) in [5, 5.41) is 16.3. The van der Waals surface area contributed by atoms with Crippen LogP contribution in [0, 0.1) is 6.92 Å². The average molecular weight is 298 g/mol. The standard InChI is InChI=1S/C10H10N4O3S2/c1-5-2-12-10(19-5)14-9(17)11-3-7-13-6(4-18-7)8(15)16/h2,4H,3H2,1H3,(H,15,16)(H2,11,12,14,17). The van der Waals surface area contributed by atoms with Crippen LogP contribution in [0.4, 0.5) is 9.93 Å². The summed E-state index contributed by atoms with van der Waals surface area (Å²) in [6.07, 6.45) is 1.67. The Labute approximate surface area is 116 Å². The molecule has 100 valence electrons. The van der Waals surface area contributed by atoms with Gasteiger partial charge in [0, 0.05) is 16.5 Å². The topological polar surface area (TPSA) is 104 Å². The van der Waals surface area contributed by atoms with Gasteiger partial charge < -0.3 is 10.4 Å². The van der Waals surface area contributed by atoms with Crippen LogP contribution < -0.4 is 10.6 Å². The van der Waals surface area contributed by atoms with Crippen molar-refractivity contribution in [1.29, 1.82) is 0 Å². The highest BCUT2D eigenvalue weighted by Gasteiger charge is 2.10. The second-order valence-corrected chi connectivity index (χ2v) is 5.69. The Morgan fingerprint density at radius 3 is 2.84 bits per heavy atom. The number of carboxylic acid groups (broad SMARTS) is 1. The molecular weight excluding hydrogens is 288 g/mol. The molecule has 2 rings (SSSR count). The number of hydrogen-bond acceptors (Lipinski definition) is 6. The summed E-state index contributed by atoms with van der Waals surface area (Å²) in [7, 11) is 0. The van der Waals surface area contributed by atoms with Crippen molar-refractivity contribution in [1.82, 2.24) is 15.3 Å². The molecule has 0 unspecified atom stereocenters. The molecule has 2 aromatic rings. The minimum Gasteiger partial charge on any atom is -0.476 e. The number of nitrogens with zero attached hydrogens (tertiary/aromatic N) is 2. The van der Waals surface area contributed by atoms with Crippen molar-refractivity contribution in [3.8, 4) is 0 Å². The molecule has 0 bridgehead atoms. The number of thiazole rings is 2. The zero-order valence-electron chi connectivity index (χ0n) is 9.84. The maximum atomic E-state index is 11.5. The second-order valence-electron chi connectivity index (χ2n) is 3.52. The highest BCUT2D eigenvalue weighted by Crippen LogP contribution is 2.16. The highest BCUT2D eigenvalue weighted by atomic mass is 32.1. The van der Waals surface area contributed by atoms with Gasteiger partial charge in [0.15, 0.2) is 10.8 Å². The lowest BCUT2D eigenvalue weighted by molar-refractivity contribution is 0.0691. The van der Waals surface area contributed by atoms with Crippen molar-refractivity contribution in [2.75, 3.05) is 5.32 Å². The van der Waals surface area contributed by atoms with Gasteiger partial charge in [-0.1, -0.05) is 0 Å². The molecule has 2 heterocycles. The number of urea groups is 1. The first-order valence-corrected chi connectivity index (χ1v) is 6.89. The van der Waals surface area contributed by atoms with Gasteiger partial charge >= 0.3 is 12.0 Å². The summed E-state index contributed by atoms with van der Waals surface area (Å²) in [5.74, 6) is -1.08. The Balaban J connectivity index is 1.84. The van der Waals surface area contributed by atoms with E-state index >= 15 is 0 Å². The van der Waals surface area contributed by atoms with E-state index in [9.17, 15) is 9.59 Å². The van der Waals surface area contributed by atoms with E-state index in [1.54, 1.807) is 6.20 Å². The van der Waals surface area contributed by atoms with Crippen LogP contribution in [0.1, 0.15) is 20.4 Å². The lowest BCUT2D eigenvalue weighted by Crippen LogP contribution is -2.28. The minimum absolute atomic E-state index is 0.0160. The van der Waals surface area contributed by atoms with Crippen LogP contribution in [0.2, 0.25) is 0 Å². The van der Waals surface area contributed by atoms with E-state index in [-0.39, 0.29) is 12.2 Å². The van der Waals surface area contributed by atoms with Crippen molar-refractivity contribution >= 4 is 39.8 Å². The number of amides is 2. The third-order valence-electron chi connectivity index (χ3n) is 2.01. The molecule has 0 radical (unpaired) electrons. The number of aromatic nitrogens is 2. The van der Waals surface area contributed by atoms with Crippen molar-refractivity contribution < 1.29 is 14.7 Å². The zero-order chi connectivity index (χ0) is 13.8. The molecule has 0 aliphatic rings. The number of anilines is 1. The number of carbonyl (C=O) groups is 2. The molecule has 0 atom stereocenters. The molecule has 2 amide bonds. The summed E-state index contributed by atoms with van der Waals surface area (Å²) in [5.41, 5.74) is -0.0160. The molecule has 0 fully saturated rings. The first kappa shape index (κ1) is 13.4. The molecule has 7 nitrogen and oxygen atoms in total. The molecule has 3 N–H and O–H groups in total. The lowest BCUT2D eigenvalue weighted by atomic mass is 10.5. The fourth-order valence-electron chi connectivity index (χ4n) is 1.20. The van der Waals surface area contributed by atoms with Crippen LogP contribution in [0.25, 0.3) is 0 Å². The van der Waals surface area contributed by atoms with Gasteiger partial charge in [0.25, 0.3) is 0 Å². The van der Waals surface area contributed by atoms with E-state index in [0.29, 0.717) is 10.1 Å². The van der Waals surface area contributed by atoms with Crippen LogP contribution in [-0.2, 0) is 6.54 Å². The van der Waals surface area contributed by atoms with E-state index in [0.717, 1.165) is 4.88 Å². The summed E-state index contributed by atoms with van der Waals surface area (Å²) in [6, 6.07) is -0.401. The number of nitrogens with one attached hydrogen (secondary N) is 2. The molecule has 0 saturated heterocycles. The van der Waals surface area contributed by atoms with Gasteiger partial charge in [0.05, 0.1) is 6.54 Å². The smallest absolute Gasteiger partial charge is 0.355 e. The van der Waals surface area contributed by atoms with Crippen LogP contribution in [0.15, 0.2) is 11.6 Å². The van der Waals surface area contributed by atoms with E-state index in [1.165, 1.54) is 28.1 Å². The van der Waals surface area contributed by atoms with E-state index in [2.05, 4.69) is 20.6 Å². The Morgan fingerprint density at radius 2 is 2.26 bits per heavy atom. The van der Waals surface area contributed by atoms with E-state index in [4.69, 9.17) is 5.11 Å². The van der Waals surface area contributed by atoms with Crippen molar-refractivity contribution in [3.05, 3.63) is 27.2 Å². The monoisotopic (exact) mass is 298 g/mol. The largest absolute Gasteiger partial charge is 0.476 e. The van der Waals surface area contributed by atoms with Crippen molar-refractivity contribution in [2.45, 2.75) is 13.5 Å². The summed E-state index contributed by atoms with van der Waals surface area (Å²) in [4.78, 5) is 31.0. The normalized spacial score (nSPS) is 10.2. The summed E-state index contributed by atoms with van der Waals surface area (Å²) < 4.78 is 0. The number of aromatic carboxylic acids is 1. The lowest BCUT2D eigenvalue weighted by Gasteiger charge is -2.02. The van der Waals surface area contributed by atoms with Gasteiger partial charge in [0.2, 0.25) is 0 Å². The van der Waals surface area contributed by atoms with Gasteiger partial charge in [-0.2, -0.15) is 0 Å². The minimum atomic E-state index is -1.08. The first-order valence-electron chi connectivity index (χ1n) is 5.19. The summed E-state index contributed by atoms with van der Waals surface area (Å²) in [6.45, 7) is 2.07. The Bertz CT molecular complexity index is 607. The number of carboxylic acids is 1. The predicted molar refractivity (Wildman–Crippen MR) is 71.8 cm³/mol. The molecule has 0 spiro atoms. The predicted octanol–water partition coefficient (Wildman–Crippen LogP) is 1.93. The number of rotatable bonds is 4. The van der Waals surface area contributed by atoms with Gasteiger partial charge in [-0.05, 0) is 6.92 Å². The van der Waals surface area contributed by atoms with E-state index < -0.39 is 12.0 Å². The zero-order valence-corrected chi connectivity index (χ0v) is 11.5. The highest BCUT2D eigenvalue weighted by molar-refractivity contribution is 7.15. The van der Waals surface area contributed by atoms with Crippen LogP contribution in [0.5, 0.6) is 0 Å². The van der Waals surface area contributed by atoms with Crippen LogP contribution >= 0.6 is 22.7 Å². The fourth-order valence-corrected chi connectivity index (χ4v) is 2.57. The van der Waals surface area contributed by atoms with Crippen LogP contribution in [0.3, 0.4) is 0 Å². The molecule has 0 aliphatic carbocycles. The van der Waals surface area contributed by atoms with E-state index in [1.807, 2.05) is 6.92 Å². The second kappa shape index (κ2) is 5.76. The Kier molecular flexibility index (Phi) is 4.07. The SMILES string of the molecule is Cc1cnc(NC(=O)NCc2nc(C(=O)O)cs2)s1. The van der Waals surface area contributed by atoms with Gasteiger partial charge in [-0.25, -0.2) is 19.6 Å². The Morgan fingerprint density at radius 1 is 1.47 bits per heavy atom. The molecule has 19 heavy (non-hydrogen) atoms.